The first-order chi connectivity index (χ1) is 7.85. The van der Waals surface area contributed by atoms with Gasteiger partial charge >= 0.3 is 13.8 Å². The maximum atomic E-state index is 12.3. The fourth-order valence-electron chi connectivity index (χ4n) is 0.956. The fourth-order valence-corrected chi connectivity index (χ4v) is 0.956. The Bertz CT molecular complexity index is 386. The lowest BCUT2D eigenvalue weighted by atomic mass is 10.0. The van der Waals surface area contributed by atoms with Gasteiger partial charge in [0.05, 0.1) is 0 Å². The van der Waals surface area contributed by atoms with Gasteiger partial charge in [0.15, 0.2) is 13.6 Å². The van der Waals surface area contributed by atoms with Gasteiger partial charge in [-0.25, -0.2) is 4.79 Å². The zero-order valence-electron chi connectivity index (χ0n) is 10.3. The monoisotopic (exact) mass is 224 g/mol. The molecule has 16 heavy (non-hydrogen) atoms. The molecule has 84 valence electrons. The maximum Gasteiger partial charge on any atom is 0.512 e. The van der Waals surface area contributed by atoms with Crippen LogP contribution in [0.4, 0.5) is 14.9 Å². The molecule has 0 spiro atoms. The molecule has 1 rings (SSSR count). The summed E-state index contributed by atoms with van der Waals surface area (Å²) >= 11 is 0. The van der Waals surface area contributed by atoms with Crippen LogP contribution in [0, 0.1) is 0 Å². The standard InChI is InChI=1S/C8H12B2FN3O2/c1-8(2,3)16-7(15)12-6-4-5(9)14(10-11)13-6/h4,9H,1-3H3,(H,12,13,15)/i9D. The first-order valence-electron chi connectivity index (χ1n) is 5.18. The average molecular weight is 224 g/mol. The molecule has 0 aromatic carbocycles. The number of nitrogens with zero attached hydrogens (tertiary/aromatic N) is 2. The number of halogens is 1. The van der Waals surface area contributed by atoms with Gasteiger partial charge in [-0.1, -0.05) is 0 Å². The van der Waals surface area contributed by atoms with Crippen molar-refractivity contribution in [2.75, 3.05) is 5.32 Å². The molecule has 2 radical (unpaired) electrons. The fraction of sp³-hybridized carbons (Fsp3) is 0.500. The SMILES string of the molecule is [2H][B]c1cc(NC(=O)OC(C)(C)C)nn1[B]F. The Labute approximate surface area is 96.4 Å². The highest BCUT2D eigenvalue weighted by molar-refractivity contribution is 6.37. The van der Waals surface area contributed by atoms with Crippen molar-refractivity contribution in [3.05, 3.63) is 6.07 Å². The number of anilines is 1. The van der Waals surface area contributed by atoms with Crippen molar-refractivity contribution in [2.45, 2.75) is 26.4 Å². The number of amides is 1. The minimum Gasteiger partial charge on any atom is -0.444 e. The summed E-state index contributed by atoms with van der Waals surface area (Å²) in [5, 5.41) is 6.04. The lowest BCUT2D eigenvalue weighted by molar-refractivity contribution is 0.0635. The number of rotatable bonds is 3. The second-order valence-corrected chi connectivity index (χ2v) is 4.12. The van der Waals surface area contributed by atoms with Crippen molar-refractivity contribution in [1.29, 1.82) is 1.34 Å². The molecule has 0 bridgehead atoms. The zero-order chi connectivity index (χ0) is 13.1. The Balaban J connectivity index is 2.69. The third-order valence-electron chi connectivity index (χ3n) is 1.49. The quantitative estimate of drug-likeness (QED) is 0.741. The van der Waals surface area contributed by atoms with Crippen LogP contribution in [0.3, 0.4) is 0 Å². The second kappa shape index (κ2) is 4.59. The van der Waals surface area contributed by atoms with Gasteiger partial charge in [-0.15, -0.1) is 0 Å². The van der Waals surface area contributed by atoms with E-state index in [1.165, 1.54) is 6.07 Å². The normalized spacial score (nSPS) is 11.6. The molecule has 1 aromatic rings. The van der Waals surface area contributed by atoms with E-state index in [1.54, 1.807) is 20.8 Å². The first kappa shape index (κ1) is 11.0. The Hall–Kier alpha value is -1.46. The van der Waals surface area contributed by atoms with Gasteiger partial charge in [-0.05, 0) is 33.8 Å². The molecule has 0 atom stereocenters. The average Bonchev–Trinajstić information content (AvgIpc) is 2.56. The number of ether oxygens (including phenoxy) is 1. The summed E-state index contributed by atoms with van der Waals surface area (Å²) in [6.07, 6.45) is -0.683. The van der Waals surface area contributed by atoms with Crippen LogP contribution in [0.1, 0.15) is 20.8 Å². The van der Waals surface area contributed by atoms with E-state index < -0.39 is 11.7 Å². The van der Waals surface area contributed by atoms with E-state index in [-0.39, 0.29) is 19.1 Å². The summed E-state index contributed by atoms with van der Waals surface area (Å²) in [5.41, 5.74) is -0.415. The van der Waals surface area contributed by atoms with Crippen LogP contribution in [0.15, 0.2) is 6.07 Å². The van der Waals surface area contributed by atoms with Crippen LogP contribution >= 0.6 is 0 Å². The van der Waals surface area contributed by atoms with Gasteiger partial charge in [-0.3, -0.25) is 9.91 Å². The van der Waals surface area contributed by atoms with E-state index in [0.29, 0.717) is 0 Å². The van der Waals surface area contributed by atoms with Gasteiger partial charge in [0.1, 0.15) is 5.60 Å². The zero-order valence-corrected chi connectivity index (χ0v) is 9.32. The highest BCUT2D eigenvalue weighted by atomic mass is 19.1. The summed E-state index contributed by atoms with van der Waals surface area (Å²) < 4.78 is 25.2. The molecule has 8 heteroatoms. The maximum absolute atomic E-state index is 12.3. The smallest absolute Gasteiger partial charge is 0.444 e. The van der Waals surface area contributed by atoms with Crippen LogP contribution in [0.5, 0.6) is 0 Å². The van der Waals surface area contributed by atoms with E-state index in [2.05, 4.69) is 10.4 Å². The molecule has 0 fully saturated rings. The molecule has 0 unspecified atom stereocenters. The molecule has 1 N–H and O–H groups in total. The number of carbonyl (C=O) groups is 1. The molecule has 1 amide bonds. The lowest BCUT2D eigenvalue weighted by Crippen LogP contribution is -2.27. The highest BCUT2D eigenvalue weighted by Gasteiger charge is 2.17. The summed E-state index contributed by atoms with van der Waals surface area (Å²) in [6, 6.07) is 1.35. The van der Waals surface area contributed by atoms with E-state index >= 15 is 0 Å². The Morgan fingerprint density at radius 2 is 2.50 bits per heavy atom. The third-order valence-corrected chi connectivity index (χ3v) is 1.49. The van der Waals surface area contributed by atoms with Gasteiger partial charge in [0.25, 0.3) is 0 Å². The van der Waals surface area contributed by atoms with Crippen molar-refractivity contribution in [3.8, 4) is 0 Å². The Morgan fingerprint density at radius 1 is 1.81 bits per heavy atom. The van der Waals surface area contributed by atoms with Crippen LogP contribution in [0.2, 0.25) is 0 Å². The lowest BCUT2D eigenvalue weighted by Gasteiger charge is -2.19. The molecule has 0 saturated carbocycles. The molecular weight excluding hydrogens is 211 g/mol. The highest BCUT2D eigenvalue weighted by Crippen LogP contribution is 2.09. The third kappa shape index (κ3) is 3.60. The molecule has 0 saturated heterocycles. The topological polar surface area (TPSA) is 56.1 Å². The van der Waals surface area contributed by atoms with Crippen molar-refractivity contribution in [3.63, 3.8) is 0 Å². The summed E-state index contributed by atoms with van der Waals surface area (Å²) in [7, 11) is 1.12. The van der Waals surface area contributed by atoms with Crippen LogP contribution < -0.4 is 10.9 Å². The Kier molecular flexibility index (Phi) is 3.17. The number of hydrogen-bond acceptors (Lipinski definition) is 3. The van der Waals surface area contributed by atoms with Crippen molar-refractivity contribution >= 4 is 33.0 Å². The molecule has 1 heterocycles. The molecule has 0 aliphatic rings. The summed E-state index contributed by atoms with van der Waals surface area (Å²) in [5.74, 6) is 0.117. The Morgan fingerprint density at radius 3 is 2.94 bits per heavy atom. The van der Waals surface area contributed by atoms with Gasteiger partial charge in [0, 0.05) is 0 Å². The molecule has 0 aliphatic carbocycles. The van der Waals surface area contributed by atoms with Gasteiger partial charge in [-0.2, -0.15) is 5.10 Å². The van der Waals surface area contributed by atoms with E-state index in [0.717, 1.165) is 12.4 Å². The van der Waals surface area contributed by atoms with E-state index in [9.17, 15) is 9.11 Å². The van der Waals surface area contributed by atoms with E-state index in [1.807, 2.05) is 0 Å². The molecule has 0 aliphatic heterocycles. The van der Waals surface area contributed by atoms with Crippen LogP contribution in [-0.2, 0) is 4.74 Å². The largest absolute Gasteiger partial charge is 0.512 e. The molecule has 1 aromatic heterocycles. The van der Waals surface area contributed by atoms with Gasteiger partial charge in [0.2, 0.25) is 0 Å². The predicted molar refractivity (Wildman–Crippen MR) is 61.1 cm³/mol. The van der Waals surface area contributed by atoms with Crippen molar-refractivity contribution in [1.82, 2.24) is 9.69 Å². The van der Waals surface area contributed by atoms with Gasteiger partial charge < -0.3 is 9.05 Å². The predicted octanol–water partition coefficient (Wildman–Crippen LogP) is 0.108. The summed E-state index contributed by atoms with van der Waals surface area (Å²) in [6.45, 7) is 5.18. The number of aromatic nitrogens is 2. The van der Waals surface area contributed by atoms with Crippen LogP contribution in [0.25, 0.3) is 0 Å². The number of nitrogens with one attached hydrogen (secondary N) is 1. The minimum atomic E-state index is -0.683. The van der Waals surface area contributed by atoms with Crippen molar-refractivity contribution < 1.29 is 13.8 Å². The van der Waals surface area contributed by atoms with Crippen molar-refractivity contribution in [2.24, 2.45) is 0 Å². The van der Waals surface area contributed by atoms with Crippen LogP contribution in [-0.4, -0.2) is 38.2 Å². The number of carbonyl (C=O) groups excluding carboxylic acids is 1. The second-order valence-electron chi connectivity index (χ2n) is 4.12. The minimum absolute atomic E-state index is 0.117. The van der Waals surface area contributed by atoms with E-state index in [4.69, 9.17) is 6.07 Å². The molecular formula is C8H12B2FN3O2. The first-order valence-corrected chi connectivity index (χ1v) is 4.60. The number of hydrogen-bond donors (Lipinski definition) is 1. The molecule has 5 nitrogen and oxygen atoms in total. The summed E-state index contributed by atoms with van der Waals surface area (Å²) in [4.78, 5) is 11.4.